The third-order valence-corrected chi connectivity index (χ3v) is 4.27. The van der Waals surface area contributed by atoms with Gasteiger partial charge in [0.15, 0.2) is 18.8 Å². The van der Waals surface area contributed by atoms with Crippen molar-refractivity contribution in [3.63, 3.8) is 0 Å². The Bertz CT molecular complexity index is 866. The fourth-order valence-corrected chi connectivity index (χ4v) is 3.25. The van der Waals surface area contributed by atoms with E-state index in [0.29, 0.717) is 11.3 Å². The second-order valence-corrected chi connectivity index (χ2v) is 5.63. The molecule has 0 spiro atoms. The lowest BCUT2D eigenvalue weighted by Gasteiger charge is -2.13. The van der Waals surface area contributed by atoms with Gasteiger partial charge in [-0.15, -0.1) is 0 Å². The summed E-state index contributed by atoms with van der Waals surface area (Å²) in [6.45, 7) is 5.09. The molecule has 0 amide bonds. The van der Waals surface area contributed by atoms with Crippen LogP contribution in [0.15, 0.2) is 42.5 Å². The van der Waals surface area contributed by atoms with Crippen LogP contribution in [-0.4, -0.2) is 24.8 Å². The number of methoxy groups -OCH3 is 1. The first-order valence-corrected chi connectivity index (χ1v) is 8.01. The number of carbonyl (C=O) groups excluding carboxylic acids is 1. The average Bonchev–Trinajstić information content (AvgIpc) is 2.92. The van der Waals surface area contributed by atoms with Crippen LogP contribution in [0.4, 0.5) is 0 Å². The van der Waals surface area contributed by atoms with Crippen molar-refractivity contribution in [2.24, 2.45) is 0 Å². The molecule has 3 aromatic rings. The Hall–Kier alpha value is -2.59. The van der Waals surface area contributed by atoms with Gasteiger partial charge in [0.1, 0.15) is 0 Å². The van der Waals surface area contributed by atoms with Crippen molar-refractivity contribution in [1.29, 1.82) is 0 Å². The Morgan fingerprint density at radius 1 is 1.12 bits per heavy atom. The summed E-state index contributed by atoms with van der Waals surface area (Å²) in [6.07, 6.45) is 0.828. The molecule has 24 heavy (non-hydrogen) atoms. The number of aromatic nitrogens is 1. The Balaban J connectivity index is 2.36. The fourth-order valence-electron chi connectivity index (χ4n) is 3.25. The van der Waals surface area contributed by atoms with E-state index in [1.807, 2.05) is 30.3 Å². The number of rotatable bonds is 6. The van der Waals surface area contributed by atoms with E-state index < -0.39 is 0 Å². The number of aldehydes is 1. The minimum Gasteiger partial charge on any atom is -0.465 e. The molecule has 1 aromatic heterocycles. The predicted molar refractivity (Wildman–Crippen MR) is 95.7 cm³/mol. The number of hydrogen-bond acceptors (Lipinski definition) is 3. The van der Waals surface area contributed by atoms with Crippen LogP contribution in [0.25, 0.3) is 22.2 Å². The highest BCUT2D eigenvalue weighted by Gasteiger charge is 2.20. The molecule has 0 fully saturated rings. The maximum atomic E-state index is 11.5. The molecule has 0 bridgehead atoms. The lowest BCUT2D eigenvalue weighted by atomic mass is 10.1. The molecular formula is C20H21NO3. The molecule has 0 radical (unpaired) electrons. The number of aryl methyl sites for hydroxylation is 2. The van der Waals surface area contributed by atoms with Crippen LogP contribution in [-0.2, 0) is 11.3 Å². The van der Waals surface area contributed by atoms with E-state index in [4.69, 9.17) is 9.47 Å². The van der Waals surface area contributed by atoms with Crippen LogP contribution in [0.3, 0.4) is 0 Å². The number of carbonyl (C=O) groups is 1. The van der Waals surface area contributed by atoms with Gasteiger partial charge in [0, 0.05) is 19.0 Å². The van der Waals surface area contributed by atoms with E-state index in [-0.39, 0.29) is 6.79 Å². The number of benzene rings is 2. The van der Waals surface area contributed by atoms with Crippen LogP contribution in [0.1, 0.15) is 22.8 Å². The molecule has 0 N–H and O–H groups in total. The summed E-state index contributed by atoms with van der Waals surface area (Å²) in [4.78, 5) is 11.5. The van der Waals surface area contributed by atoms with E-state index in [2.05, 4.69) is 30.5 Å². The fraction of sp³-hybridized carbons (Fsp3) is 0.250. The first kappa shape index (κ1) is 16.3. The van der Waals surface area contributed by atoms with E-state index in [1.165, 1.54) is 5.56 Å². The van der Waals surface area contributed by atoms with Gasteiger partial charge in [-0.05, 0) is 31.0 Å². The highest BCUT2D eigenvalue weighted by Crippen LogP contribution is 2.39. The zero-order valence-electron chi connectivity index (χ0n) is 14.2. The summed E-state index contributed by atoms with van der Waals surface area (Å²) < 4.78 is 13.0. The topological polar surface area (TPSA) is 40.5 Å². The van der Waals surface area contributed by atoms with Crippen molar-refractivity contribution in [2.45, 2.75) is 20.4 Å². The zero-order valence-corrected chi connectivity index (χ0v) is 14.2. The quantitative estimate of drug-likeness (QED) is 0.497. The lowest BCUT2D eigenvalue weighted by Crippen LogP contribution is -2.05. The van der Waals surface area contributed by atoms with E-state index >= 15 is 0 Å². The molecule has 0 saturated carbocycles. The standard InChI is InChI=1S/C20H21NO3/c1-4-21-18(15-8-6-5-7-9-15)14(2)17-11-10-16(12-22)20(19(17)21)24-13-23-3/h5-12H,4,13H2,1-3H3. The van der Waals surface area contributed by atoms with Gasteiger partial charge in [-0.25, -0.2) is 0 Å². The van der Waals surface area contributed by atoms with Gasteiger partial charge in [0.2, 0.25) is 0 Å². The number of nitrogens with zero attached hydrogens (tertiary/aromatic N) is 1. The molecule has 0 aliphatic heterocycles. The van der Waals surface area contributed by atoms with Gasteiger partial charge in [0.25, 0.3) is 0 Å². The van der Waals surface area contributed by atoms with Gasteiger partial charge >= 0.3 is 0 Å². The molecule has 4 heteroatoms. The minimum atomic E-state index is 0.106. The second kappa shape index (κ2) is 6.89. The summed E-state index contributed by atoms with van der Waals surface area (Å²) in [5.41, 5.74) is 4.96. The summed E-state index contributed by atoms with van der Waals surface area (Å²) in [5, 5.41) is 1.09. The Morgan fingerprint density at radius 2 is 1.88 bits per heavy atom. The van der Waals surface area contributed by atoms with E-state index in [9.17, 15) is 4.79 Å². The van der Waals surface area contributed by atoms with Crippen molar-refractivity contribution in [3.8, 4) is 17.0 Å². The molecule has 2 aromatic carbocycles. The molecular weight excluding hydrogens is 302 g/mol. The molecule has 124 valence electrons. The molecule has 0 unspecified atom stereocenters. The van der Waals surface area contributed by atoms with Crippen LogP contribution < -0.4 is 4.74 Å². The maximum Gasteiger partial charge on any atom is 0.188 e. The SMILES string of the molecule is CCn1c(-c2ccccc2)c(C)c2ccc(C=O)c(OCOC)c21. The lowest BCUT2D eigenvalue weighted by molar-refractivity contribution is 0.0514. The first-order valence-electron chi connectivity index (χ1n) is 8.01. The van der Waals surface area contributed by atoms with Crippen LogP contribution in [0.5, 0.6) is 5.75 Å². The van der Waals surface area contributed by atoms with Crippen molar-refractivity contribution < 1.29 is 14.3 Å². The summed E-state index contributed by atoms with van der Waals surface area (Å²) in [5.74, 6) is 0.580. The molecule has 0 aliphatic carbocycles. The van der Waals surface area contributed by atoms with Crippen molar-refractivity contribution in [3.05, 3.63) is 53.6 Å². The number of fused-ring (bicyclic) bond motifs is 1. The Labute approximate surface area is 141 Å². The van der Waals surface area contributed by atoms with E-state index in [0.717, 1.165) is 35.0 Å². The third kappa shape index (κ3) is 2.59. The van der Waals surface area contributed by atoms with Crippen molar-refractivity contribution in [1.82, 2.24) is 4.57 Å². The summed E-state index contributed by atoms with van der Waals surface area (Å²) in [6, 6.07) is 14.1. The van der Waals surface area contributed by atoms with Gasteiger partial charge in [-0.1, -0.05) is 36.4 Å². The smallest absolute Gasteiger partial charge is 0.188 e. The van der Waals surface area contributed by atoms with Gasteiger partial charge < -0.3 is 14.0 Å². The zero-order chi connectivity index (χ0) is 17.1. The minimum absolute atomic E-state index is 0.106. The Kier molecular flexibility index (Phi) is 4.67. The molecule has 0 aliphatic rings. The van der Waals surface area contributed by atoms with Crippen molar-refractivity contribution in [2.75, 3.05) is 13.9 Å². The maximum absolute atomic E-state index is 11.5. The van der Waals surface area contributed by atoms with Crippen LogP contribution in [0.2, 0.25) is 0 Å². The summed E-state index contributed by atoms with van der Waals surface area (Å²) >= 11 is 0. The molecule has 0 saturated heterocycles. The number of ether oxygens (including phenoxy) is 2. The molecule has 0 atom stereocenters. The van der Waals surface area contributed by atoms with Crippen LogP contribution in [0, 0.1) is 6.92 Å². The van der Waals surface area contributed by atoms with Crippen molar-refractivity contribution >= 4 is 17.2 Å². The van der Waals surface area contributed by atoms with E-state index in [1.54, 1.807) is 7.11 Å². The van der Waals surface area contributed by atoms with Crippen LogP contribution >= 0.6 is 0 Å². The largest absolute Gasteiger partial charge is 0.465 e. The highest BCUT2D eigenvalue weighted by molar-refractivity contribution is 6.00. The average molecular weight is 323 g/mol. The second-order valence-electron chi connectivity index (χ2n) is 5.63. The number of hydrogen-bond donors (Lipinski definition) is 0. The molecule has 3 rings (SSSR count). The Morgan fingerprint density at radius 3 is 2.50 bits per heavy atom. The van der Waals surface area contributed by atoms with Gasteiger partial charge in [-0.2, -0.15) is 0 Å². The monoisotopic (exact) mass is 323 g/mol. The third-order valence-electron chi connectivity index (χ3n) is 4.27. The van der Waals surface area contributed by atoms with Gasteiger partial charge in [-0.3, -0.25) is 4.79 Å². The normalized spacial score (nSPS) is 11.0. The molecule has 1 heterocycles. The predicted octanol–water partition coefficient (Wildman–Crippen LogP) is 4.43. The van der Waals surface area contributed by atoms with Gasteiger partial charge in [0.05, 0.1) is 16.8 Å². The first-order chi connectivity index (χ1) is 11.7. The summed E-state index contributed by atoms with van der Waals surface area (Å²) in [7, 11) is 1.57. The molecule has 4 nitrogen and oxygen atoms in total. The highest BCUT2D eigenvalue weighted by atomic mass is 16.7.